The Bertz CT molecular complexity index is 348. The maximum Gasteiger partial charge on any atom is 0.410 e. The molecule has 0 saturated carbocycles. The zero-order chi connectivity index (χ0) is 14.7. The first kappa shape index (κ1) is 15.8. The molecule has 0 N–H and O–H groups in total. The second-order valence-electron chi connectivity index (χ2n) is 6.29. The number of hydrogen-bond acceptors (Lipinski definition) is 4. The third-order valence-electron chi connectivity index (χ3n) is 3.12. The van der Waals surface area contributed by atoms with Crippen LogP contribution in [-0.2, 0) is 14.3 Å². The lowest BCUT2D eigenvalue weighted by Gasteiger charge is -2.38. The highest BCUT2D eigenvalue weighted by atomic mass is 16.6. The number of rotatable bonds is 2. The van der Waals surface area contributed by atoms with Crippen molar-refractivity contribution in [1.29, 1.82) is 0 Å². The van der Waals surface area contributed by atoms with E-state index in [9.17, 15) is 9.59 Å². The fourth-order valence-corrected chi connectivity index (χ4v) is 2.19. The standard InChI is InChI=1S/C14H25NO4/c1-6-18-11(16)14(5)8-7-9-15(10-14)12(17)19-13(2,3)4/h6-10H2,1-5H3/t14-/m0/s1. The van der Waals surface area contributed by atoms with E-state index >= 15 is 0 Å². The van der Waals surface area contributed by atoms with E-state index in [1.165, 1.54) is 0 Å². The quantitative estimate of drug-likeness (QED) is 0.724. The van der Waals surface area contributed by atoms with Gasteiger partial charge in [0.25, 0.3) is 0 Å². The summed E-state index contributed by atoms with van der Waals surface area (Å²) in [4.78, 5) is 25.6. The first-order chi connectivity index (χ1) is 8.68. The van der Waals surface area contributed by atoms with Crippen molar-refractivity contribution in [2.75, 3.05) is 19.7 Å². The molecule has 0 aromatic heterocycles. The second-order valence-corrected chi connectivity index (χ2v) is 6.29. The average molecular weight is 271 g/mol. The molecule has 1 fully saturated rings. The van der Waals surface area contributed by atoms with Crippen LogP contribution in [0.4, 0.5) is 4.79 Å². The van der Waals surface area contributed by atoms with Gasteiger partial charge in [-0.15, -0.1) is 0 Å². The number of piperidine rings is 1. The molecule has 1 saturated heterocycles. The molecule has 110 valence electrons. The van der Waals surface area contributed by atoms with Crippen LogP contribution in [0.2, 0.25) is 0 Å². The van der Waals surface area contributed by atoms with Crippen LogP contribution in [0, 0.1) is 5.41 Å². The molecule has 1 rings (SSSR count). The van der Waals surface area contributed by atoms with E-state index in [2.05, 4.69) is 0 Å². The molecule has 0 bridgehead atoms. The molecule has 1 heterocycles. The fraction of sp³-hybridized carbons (Fsp3) is 0.857. The van der Waals surface area contributed by atoms with Gasteiger partial charge in [-0.05, 0) is 47.5 Å². The average Bonchev–Trinajstić information content (AvgIpc) is 2.27. The van der Waals surface area contributed by atoms with Crippen LogP contribution in [0.15, 0.2) is 0 Å². The van der Waals surface area contributed by atoms with Crippen LogP contribution in [0.5, 0.6) is 0 Å². The van der Waals surface area contributed by atoms with Crippen LogP contribution in [0.3, 0.4) is 0 Å². The fourth-order valence-electron chi connectivity index (χ4n) is 2.19. The first-order valence-corrected chi connectivity index (χ1v) is 6.83. The normalized spacial score (nSPS) is 23.9. The zero-order valence-electron chi connectivity index (χ0n) is 12.6. The molecule has 0 aromatic carbocycles. The number of nitrogens with zero attached hydrogens (tertiary/aromatic N) is 1. The molecule has 5 heteroatoms. The Morgan fingerprint density at radius 3 is 2.47 bits per heavy atom. The van der Waals surface area contributed by atoms with Gasteiger partial charge in [0.15, 0.2) is 0 Å². The number of hydrogen-bond donors (Lipinski definition) is 0. The van der Waals surface area contributed by atoms with Gasteiger partial charge in [0, 0.05) is 13.1 Å². The third kappa shape index (κ3) is 4.40. The van der Waals surface area contributed by atoms with Gasteiger partial charge >= 0.3 is 12.1 Å². The molecular weight excluding hydrogens is 246 g/mol. The van der Waals surface area contributed by atoms with E-state index < -0.39 is 11.0 Å². The SMILES string of the molecule is CCOC(=O)[C@@]1(C)CCCN(C(=O)OC(C)(C)C)C1. The van der Waals surface area contributed by atoms with Gasteiger partial charge in [0.2, 0.25) is 0 Å². The Kier molecular flexibility index (Phi) is 4.82. The summed E-state index contributed by atoms with van der Waals surface area (Å²) < 4.78 is 10.4. The minimum Gasteiger partial charge on any atom is -0.466 e. The Morgan fingerprint density at radius 1 is 1.32 bits per heavy atom. The molecule has 1 aliphatic rings. The smallest absolute Gasteiger partial charge is 0.410 e. The maximum absolute atomic E-state index is 12.0. The van der Waals surface area contributed by atoms with Gasteiger partial charge in [-0.3, -0.25) is 4.79 Å². The summed E-state index contributed by atoms with van der Waals surface area (Å²) in [5.41, 5.74) is -1.14. The number of amides is 1. The number of carbonyl (C=O) groups is 2. The lowest BCUT2D eigenvalue weighted by Crippen LogP contribution is -2.50. The second kappa shape index (κ2) is 5.80. The Hall–Kier alpha value is -1.26. The zero-order valence-corrected chi connectivity index (χ0v) is 12.6. The van der Waals surface area contributed by atoms with Crippen LogP contribution in [-0.4, -0.2) is 42.3 Å². The van der Waals surface area contributed by atoms with E-state index in [1.54, 1.807) is 11.8 Å². The molecular formula is C14H25NO4. The predicted octanol–water partition coefficient (Wildman–Crippen LogP) is 2.59. The molecule has 5 nitrogen and oxygen atoms in total. The van der Waals surface area contributed by atoms with Crippen molar-refractivity contribution in [3.8, 4) is 0 Å². The van der Waals surface area contributed by atoms with Crippen LogP contribution >= 0.6 is 0 Å². The maximum atomic E-state index is 12.0. The minimum atomic E-state index is -0.620. The molecule has 0 spiro atoms. The topological polar surface area (TPSA) is 55.8 Å². The van der Waals surface area contributed by atoms with Crippen molar-refractivity contribution in [3.05, 3.63) is 0 Å². The van der Waals surface area contributed by atoms with E-state index in [0.717, 1.165) is 12.8 Å². The largest absolute Gasteiger partial charge is 0.466 e. The van der Waals surface area contributed by atoms with Crippen molar-refractivity contribution >= 4 is 12.1 Å². The molecule has 0 aliphatic carbocycles. The number of esters is 1. The van der Waals surface area contributed by atoms with Gasteiger partial charge < -0.3 is 14.4 Å². The molecule has 1 amide bonds. The monoisotopic (exact) mass is 271 g/mol. The first-order valence-electron chi connectivity index (χ1n) is 6.83. The van der Waals surface area contributed by atoms with Crippen molar-refractivity contribution in [2.24, 2.45) is 5.41 Å². The summed E-state index contributed by atoms with van der Waals surface area (Å²) in [6.45, 7) is 10.5. The molecule has 19 heavy (non-hydrogen) atoms. The number of carbonyl (C=O) groups excluding carboxylic acids is 2. The van der Waals surface area contributed by atoms with Crippen LogP contribution < -0.4 is 0 Å². The lowest BCUT2D eigenvalue weighted by atomic mass is 9.82. The lowest BCUT2D eigenvalue weighted by molar-refractivity contribution is -0.157. The highest BCUT2D eigenvalue weighted by molar-refractivity contribution is 5.78. The summed E-state index contributed by atoms with van der Waals surface area (Å²) in [5, 5.41) is 0. The van der Waals surface area contributed by atoms with E-state index in [-0.39, 0.29) is 12.1 Å². The Balaban J connectivity index is 2.68. The van der Waals surface area contributed by atoms with E-state index in [0.29, 0.717) is 19.7 Å². The van der Waals surface area contributed by atoms with Gasteiger partial charge in [0.1, 0.15) is 5.60 Å². The molecule has 1 atom stereocenters. The summed E-state index contributed by atoms with van der Waals surface area (Å²) in [6, 6.07) is 0. The number of likely N-dealkylation sites (tertiary alicyclic amines) is 1. The van der Waals surface area contributed by atoms with Gasteiger partial charge in [0.05, 0.1) is 12.0 Å². The van der Waals surface area contributed by atoms with Crippen molar-refractivity contribution < 1.29 is 19.1 Å². The molecule has 0 radical (unpaired) electrons. The van der Waals surface area contributed by atoms with Crippen molar-refractivity contribution in [1.82, 2.24) is 4.90 Å². The van der Waals surface area contributed by atoms with Crippen LogP contribution in [0.1, 0.15) is 47.5 Å². The summed E-state index contributed by atoms with van der Waals surface area (Å²) in [6.07, 6.45) is 1.17. The molecule has 1 aliphatic heterocycles. The summed E-state index contributed by atoms with van der Waals surface area (Å²) in [7, 11) is 0. The Labute approximate surface area is 115 Å². The van der Waals surface area contributed by atoms with Crippen molar-refractivity contribution in [2.45, 2.75) is 53.1 Å². The minimum absolute atomic E-state index is 0.233. The van der Waals surface area contributed by atoms with Crippen LogP contribution in [0.25, 0.3) is 0 Å². The third-order valence-corrected chi connectivity index (χ3v) is 3.12. The van der Waals surface area contributed by atoms with E-state index in [4.69, 9.17) is 9.47 Å². The highest BCUT2D eigenvalue weighted by Gasteiger charge is 2.41. The summed E-state index contributed by atoms with van der Waals surface area (Å²) in [5.74, 6) is -0.233. The highest BCUT2D eigenvalue weighted by Crippen LogP contribution is 2.31. The molecule has 0 unspecified atom stereocenters. The van der Waals surface area contributed by atoms with Gasteiger partial charge in [-0.2, -0.15) is 0 Å². The number of ether oxygens (including phenoxy) is 2. The van der Waals surface area contributed by atoms with E-state index in [1.807, 2.05) is 27.7 Å². The Morgan fingerprint density at radius 2 is 1.95 bits per heavy atom. The predicted molar refractivity (Wildman–Crippen MR) is 71.8 cm³/mol. The van der Waals surface area contributed by atoms with Gasteiger partial charge in [-0.25, -0.2) is 4.79 Å². The summed E-state index contributed by atoms with van der Waals surface area (Å²) >= 11 is 0. The van der Waals surface area contributed by atoms with Gasteiger partial charge in [-0.1, -0.05) is 0 Å². The molecule has 0 aromatic rings. The van der Waals surface area contributed by atoms with Crippen molar-refractivity contribution in [3.63, 3.8) is 0 Å².